The highest BCUT2D eigenvalue weighted by atomic mass is 16.3. The summed E-state index contributed by atoms with van der Waals surface area (Å²) in [5.74, 6) is 0.502. The van der Waals surface area contributed by atoms with Crippen LogP contribution in [0.5, 0.6) is 0 Å². The lowest BCUT2D eigenvalue weighted by molar-refractivity contribution is 0.198. The first-order valence-corrected chi connectivity index (χ1v) is 3.31. The zero-order valence-corrected chi connectivity index (χ0v) is 6.39. The summed E-state index contributed by atoms with van der Waals surface area (Å²) in [6, 6.07) is 0. The molecule has 0 heterocycles. The summed E-state index contributed by atoms with van der Waals surface area (Å²) >= 11 is 0. The SMILES string of the molecule is [2H]C(C)(O)C/C=C/C(C)C. The maximum Gasteiger partial charge on any atom is 0.0601 e. The van der Waals surface area contributed by atoms with Gasteiger partial charge in [-0.05, 0) is 19.3 Å². The Bertz CT molecular complexity index is 111. The van der Waals surface area contributed by atoms with Gasteiger partial charge in [0.25, 0.3) is 0 Å². The van der Waals surface area contributed by atoms with Crippen LogP contribution < -0.4 is 0 Å². The van der Waals surface area contributed by atoms with Crippen molar-refractivity contribution in [1.29, 1.82) is 0 Å². The van der Waals surface area contributed by atoms with Crippen molar-refractivity contribution < 1.29 is 6.48 Å². The molecule has 0 aliphatic rings. The van der Waals surface area contributed by atoms with E-state index in [0.29, 0.717) is 12.3 Å². The number of allylic oxidation sites excluding steroid dienone is 1. The molecule has 1 N–H and O–H groups in total. The van der Waals surface area contributed by atoms with Gasteiger partial charge in [0.15, 0.2) is 0 Å². The zero-order valence-electron chi connectivity index (χ0n) is 7.39. The monoisotopic (exact) mass is 129 g/mol. The molecule has 0 aliphatic heterocycles. The van der Waals surface area contributed by atoms with E-state index in [1.54, 1.807) is 0 Å². The third-order valence-corrected chi connectivity index (χ3v) is 0.934. The molecular weight excluding hydrogens is 112 g/mol. The van der Waals surface area contributed by atoms with Crippen molar-refractivity contribution in [3.8, 4) is 0 Å². The van der Waals surface area contributed by atoms with Crippen molar-refractivity contribution in [3.63, 3.8) is 0 Å². The van der Waals surface area contributed by atoms with E-state index in [-0.39, 0.29) is 0 Å². The van der Waals surface area contributed by atoms with E-state index in [1.165, 1.54) is 6.92 Å². The minimum absolute atomic E-state index is 0.408. The highest BCUT2D eigenvalue weighted by molar-refractivity contribution is 4.85. The van der Waals surface area contributed by atoms with Gasteiger partial charge in [-0.15, -0.1) is 0 Å². The predicted molar refractivity (Wildman–Crippen MR) is 40.3 cm³/mol. The van der Waals surface area contributed by atoms with E-state index >= 15 is 0 Å². The molecule has 0 bridgehead atoms. The summed E-state index contributed by atoms with van der Waals surface area (Å²) < 4.78 is 7.08. The molecule has 0 fully saturated rings. The Morgan fingerprint density at radius 1 is 1.56 bits per heavy atom. The largest absolute Gasteiger partial charge is 0.393 e. The lowest BCUT2D eigenvalue weighted by Crippen LogP contribution is -1.95. The Balaban J connectivity index is 3.54. The van der Waals surface area contributed by atoms with Gasteiger partial charge in [-0.25, -0.2) is 0 Å². The van der Waals surface area contributed by atoms with E-state index in [1.807, 2.05) is 12.2 Å². The Hall–Kier alpha value is -0.300. The van der Waals surface area contributed by atoms with Crippen molar-refractivity contribution in [2.75, 3.05) is 0 Å². The highest BCUT2D eigenvalue weighted by Gasteiger charge is 1.89. The fourth-order valence-corrected chi connectivity index (χ4v) is 0.511. The minimum atomic E-state index is -1.30. The van der Waals surface area contributed by atoms with Gasteiger partial charge in [-0.3, -0.25) is 0 Å². The maximum atomic E-state index is 8.95. The van der Waals surface area contributed by atoms with Crippen molar-refractivity contribution in [2.45, 2.75) is 33.3 Å². The fraction of sp³-hybridized carbons (Fsp3) is 0.750. The first kappa shape index (κ1) is 6.81. The number of hydrogen-bond acceptors (Lipinski definition) is 1. The summed E-state index contributed by atoms with van der Waals surface area (Å²) in [7, 11) is 0. The Labute approximate surface area is 58.8 Å². The minimum Gasteiger partial charge on any atom is -0.393 e. The van der Waals surface area contributed by atoms with Crippen LogP contribution in [0, 0.1) is 5.92 Å². The molecule has 0 saturated carbocycles. The first-order chi connectivity index (χ1) is 4.42. The van der Waals surface area contributed by atoms with Gasteiger partial charge in [0.2, 0.25) is 0 Å². The van der Waals surface area contributed by atoms with Crippen LogP contribution in [0.4, 0.5) is 0 Å². The zero-order chi connectivity index (χ0) is 8.20. The van der Waals surface area contributed by atoms with E-state index in [9.17, 15) is 0 Å². The molecule has 0 saturated heterocycles. The third-order valence-electron chi connectivity index (χ3n) is 0.934. The number of hydrogen-bond donors (Lipinski definition) is 1. The summed E-state index contributed by atoms with van der Waals surface area (Å²) in [5, 5.41) is 8.95. The first-order valence-electron chi connectivity index (χ1n) is 3.81. The standard InChI is InChI=1S/C8H16O/c1-7(2)5-4-6-8(3)9/h4-5,7-9H,6H2,1-3H3/b5-4+/i8D. The van der Waals surface area contributed by atoms with E-state index in [0.717, 1.165) is 0 Å². The number of rotatable bonds is 3. The van der Waals surface area contributed by atoms with Crippen LogP contribution in [0.25, 0.3) is 0 Å². The molecule has 1 heteroatoms. The fourth-order valence-electron chi connectivity index (χ4n) is 0.511. The lowest BCUT2D eigenvalue weighted by Gasteiger charge is -1.97. The van der Waals surface area contributed by atoms with E-state index in [4.69, 9.17) is 6.48 Å². The molecule has 1 atom stereocenters. The molecule has 9 heavy (non-hydrogen) atoms. The molecule has 0 aromatic rings. The molecule has 0 amide bonds. The number of aliphatic hydroxyl groups is 1. The molecule has 54 valence electrons. The van der Waals surface area contributed by atoms with Gasteiger partial charge in [0.05, 0.1) is 7.45 Å². The average molecular weight is 129 g/mol. The van der Waals surface area contributed by atoms with Gasteiger partial charge in [-0.2, -0.15) is 0 Å². The Morgan fingerprint density at radius 3 is 2.44 bits per heavy atom. The highest BCUT2D eigenvalue weighted by Crippen LogP contribution is 1.97. The van der Waals surface area contributed by atoms with Crippen molar-refractivity contribution in [1.82, 2.24) is 0 Å². The second-order valence-corrected chi connectivity index (χ2v) is 2.61. The smallest absolute Gasteiger partial charge is 0.0601 e. The predicted octanol–water partition coefficient (Wildman–Crippen LogP) is 1.97. The topological polar surface area (TPSA) is 20.2 Å². The molecule has 0 spiro atoms. The summed E-state index contributed by atoms with van der Waals surface area (Å²) in [6.07, 6.45) is 2.94. The summed E-state index contributed by atoms with van der Waals surface area (Å²) in [4.78, 5) is 0. The molecular formula is C8H16O. The Kier molecular flexibility index (Phi) is 3.46. The van der Waals surface area contributed by atoms with Crippen LogP contribution in [0.15, 0.2) is 12.2 Å². The van der Waals surface area contributed by atoms with Crippen molar-refractivity contribution in [2.24, 2.45) is 5.92 Å². The van der Waals surface area contributed by atoms with Gasteiger partial charge >= 0.3 is 0 Å². The lowest BCUT2D eigenvalue weighted by atomic mass is 10.2. The van der Waals surface area contributed by atoms with Crippen LogP contribution in [-0.2, 0) is 0 Å². The van der Waals surface area contributed by atoms with Crippen LogP contribution in [0.3, 0.4) is 0 Å². The average Bonchev–Trinajstić information content (AvgIpc) is 1.59. The van der Waals surface area contributed by atoms with Gasteiger partial charge in [0.1, 0.15) is 0 Å². The Morgan fingerprint density at radius 2 is 2.11 bits per heavy atom. The van der Waals surface area contributed by atoms with Crippen LogP contribution in [0.1, 0.15) is 28.6 Å². The second-order valence-electron chi connectivity index (χ2n) is 2.61. The van der Waals surface area contributed by atoms with Crippen molar-refractivity contribution >= 4 is 0 Å². The normalized spacial score (nSPS) is 20.3. The summed E-state index contributed by atoms with van der Waals surface area (Å²) in [5.41, 5.74) is 0. The molecule has 1 unspecified atom stereocenters. The quantitative estimate of drug-likeness (QED) is 0.578. The molecule has 0 radical (unpaired) electrons. The molecule has 0 aliphatic carbocycles. The van der Waals surface area contributed by atoms with Gasteiger partial charge in [-0.1, -0.05) is 26.0 Å². The van der Waals surface area contributed by atoms with E-state index < -0.39 is 6.08 Å². The van der Waals surface area contributed by atoms with Crippen LogP contribution in [-0.4, -0.2) is 11.2 Å². The van der Waals surface area contributed by atoms with Crippen molar-refractivity contribution in [3.05, 3.63) is 12.2 Å². The maximum absolute atomic E-state index is 8.95. The molecule has 1 nitrogen and oxygen atoms in total. The molecule has 0 aromatic heterocycles. The van der Waals surface area contributed by atoms with Gasteiger partial charge in [0, 0.05) is 0 Å². The third kappa shape index (κ3) is 7.70. The van der Waals surface area contributed by atoms with Crippen LogP contribution in [0.2, 0.25) is 0 Å². The van der Waals surface area contributed by atoms with E-state index in [2.05, 4.69) is 13.8 Å². The molecule has 0 aromatic carbocycles. The van der Waals surface area contributed by atoms with Gasteiger partial charge < -0.3 is 5.11 Å². The molecule has 0 rings (SSSR count). The van der Waals surface area contributed by atoms with Crippen LogP contribution >= 0.6 is 0 Å². The second kappa shape index (κ2) is 4.57. The summed E-state index contributed by atoms with van der Waals surface area (Å²) in [6.45, 7) is 5.61.